The van der Waals surface area contributed by atoms with E-state index < -0.39 is 0 Å². The number of hydrogen-bond acceptors (Lipinski definition) is 8. The minimum absolute atomic E-state index is 0.251. The molecular formula is C16H18N6O3. The van der Waals surface area contributed by atoms with Crippen LogP contribution in [-0.4, -0.2) is 41.1 Å². The molecule has 0 atom stereocenters. The molecule has 0 bridgehead atoms. The van der Waals surface area contributed by atoms with Crippen LogP contribution in [0.3, 0.4) is 0 Å². The first-order chi connectivity index (χ1) is 12.2. The van der Waals surface area contributed by atoms with Crippen LogP contribution < -0.4 is 25.3 Å². The van der Waals surface area contributed by atoms with Gasteiger partial charge in [0.2, 0.25) is 17.6 Å². The van der Waals surface area contributed by atoms with Crippen LogP contribution in [0, 0.1) is 0 Å². The van der Waals surface area contributed by atoms with Gasteiger partial charge in [-0.2, -0.15) is 9.67 Å². The van der Waals surface area contributed by atoms with Gasteiger partial charge in [0.25, 0.3) is 0 Å². The number of anilines is 3. The Labute approximate surface area is 144 Å². The molecule has 0 spiro atoms. The molecular weight excluding hydrogens is 324 g/mol. The van der Waals surface area contributed by atoms with Crippen molar-refractivity contribution in [3.05, 3.63) is 36.7 Å². The average Bonchev–Trinajstić information content (AvgIpc) is 3.01. The third kappa shape index (κ3) is 3.25. The van der Waals surface area contributed by atoms with Gasteiger partial charge in [-0.1, -0.05) is 0 Å². The van der Waals surface area contributed by atoms with Gasteiger partial charge in [0.05, 0.1) is 27.0 Å². The summed E-state index contributed by atoms with van der Waals surface area (Å²) in [6, 6.07) is 7.08. The first-order valence-electron chi connectivity index (χ1n) is 7.36. The predicted molar refractivity (Wildman–Crippen MR) is 92.9 cm³/mol. The highest BCUT2D eigenvalue weighted by molar-refractivity contribution is 5.66. The largest absolute Gasteiger partial charge is 0.493 e. The molecule has 9 heteroatoms. The van der Waals surface area contributed by atoms with Crippen molar-refractivity contribution >= 4 is 17.6 Å². The van der Waals surface area contributed by atoms with E-state index in [0.717, 1.165) is 5.69 Å². The third-order valence-corrected chi connectivity index (χ3v) is 3.46. The van der Waals surface area contributed by atoms with Crippen LogP contribution in [0.5, 0.6) is 17.2 Å². The molecule has 2 aromatic heterocycles. The Bertz CT molecular complexity index is 841. The van der Waals surface area contributed by atoms with Gasteiger partial charge in [-0.3, -0.25) is 4.98 Å². The summed E-state index contributed by atoms with van der Waals surface area (Å²) in [6.45, 7) is 0. The molecule has 0 unspecified atom stereocenters. The molecule has 0 aliphatic rings. The van der Waals surface area contributed by atoms with Crippen molar-refractivity contribution in [1.82, 2.24) is 19.7 Å². The molecule has 130 valence electrons. The summed E-state index contributed by atoms with van der Waals surface area (Å²) in [7, 11) is 4.65. The lowest BCUT2D eigenvalue weighted by molar-refractivity contribution is 0.324. The molecule has 3 N–H and O–H groups in total. The fourth-order valence-corrected chi connectivity index (χ4v) is 2.33. The SMILES string of the molecule is COc1cc(Nc2nc(N)n(-c3ccncc3)n2)cc(OC)c1OC. The average molecular weight is 342 g/mol. The number of benzene rings is 1. The van der Waals surface area contributed by atoms with Gasteiger partial charge >= 0.3 is 0 Å². The number of nitrogen functional groups attached to an aromatic ring is 1. The number of pyridine rings is 1. The zero-order valence-electron chi connectivity index (χ0n) is 14.1. The van der Waals surface area contributed by atoms with E-state index in [-0.39, 0.29) is 5.95 Å². The molecule has 0 aliphatic heterocycles. The number of nitrogens with two attached hydrogens (primary N) is 1. The van der Waals surface area contributed by atoms with Crippen molar-refractivity contribution in [2.45, 2.75) is 0 Å². The highest BCUT2D eigenvalue weighted by Crippen LogP contribution is 2.40. The Morgan fingerprint density at radius 2 is 1.64 bits per heavy atom. The van der Waals surface area contributed by atoms with Crippen molar-refractivity contribution in [1.29, 1.82) is 0 Å². The maximum atomic E-state index is 5.94. The lowest BCUT2D eigenvalue weighted by Crippen LogP contribution is -2.02. The maximum absolute atomic E-state index is 5.94. The number of rotatable bonds is 6. The molecule has 2 heterocycles. The van der Waals surface area contributed by atoms with Crippen LogP contribution in [0.1, 0.15) is 0 Å². The molecule has 0 fully saturated rings. The second kappa shape index (κ2) is 6.95. The Morgan fingerprint density at radius 1 is 1.00 bits per heavy atom. The Morgan fingerprint density at radius 3 is 2.20 bits per heavy atom. The van der Waals surface area contributed by atoms with E-state index in [4.69, 9.17) is 19.9 Å². The van der Waals surface area contributed by atoms with E-state index in [1.807, 2.05) is 0 Å². The molecule has 25 heavy (non-hydrogen) atoms. The highest BCUT2D eigenvalue weighted by Gasteiger charge is 2.15. The standard InChI is InChI=1S/C16H18N6O3/c1-23-12-8-10(9-13(24-2)14(12)25-3)19-16-20-15(17)22(21-16)11-4-6-18-7-5-11/h4-9H,1-3H3,(H3,17,19,20,21). The summed E-state index contributed by atoms with van der Waals surface area (Å²) in [5.41, 5.74) is 7.37. The minimum Gasteiger partial charge on any atom is -0.493 e. The quantitative estimate of drug-likeness (QED) is 0.700. The summed E-state index contributed by atoms with van der Waals surface area (Å²) in [4.78, 5) is 8.19. The molecule has 3 rings (SSSR count). The molecule has 0 aliphatic carbocycles. The third-order valence-electron chi connectivity index (χ3n) is 3.46. The zero-order valence-corrected chi connectivity index (χ0v) is 14.1. The second-order valence-corrected chi connectivity index (χ2v) is 4.95. The number of hydrogen-bond donors (Lipinski definition) is 2. The van der Waals surface area contributed by atoms with Crippen LogP contribution in [0.15, 0.2) is 36.7 Å². The summed E-state index contributed by atoms with van der Waals surface area (Å²) in [5.74, 6) is 2.13. The van der Waals surface area contributed by atoms with Gasteiger partial charge in [-0.15, -0.1) is 5.10 Å². The first-order valence-corrected chi connectivity index (χ1v) is 7.36. The molecule has 0 amide bonds. The Kier molecular flexibility index (Phi) is 4.55. The molecule has 3 aromatic rings. The molecule has 0 saturated heterocycles. The fraction of sp³-hybridized carbons (Fsp3) is 0.188. The summed E-state index contributed by atoms with van der Waals surface area (Å²) in [5, 5.41) is 7.44. The number of nitrogens with zero attached hydrogens (tertiary/aromatic N) is 4. The topological polar surface area (TPSA) is 109 Å². The predicted octanol–water partition coefficient (Wildman–Crippen LogP) is 2.01. The number of aromatic nitrogens is 4. The van der Waals surface area contributed by atoms with Crippen molar-refractivity contribution in [2.24, 2.45) is 0 Å². The van der Waals surface area contributed by atoms with Crippen LogP contribution >= 0.6 is 0 Å². The van der Waals surface area contributed by atoms with Crippen molar-refractivity contribution in [3.8, 4) is 22.9 Å². The summed E-state index contributed by atoms with van der Waals surface area (Å²) in [6.07, 6.45) is 3.31. The van der Waals surface area contributed by atoms with Gasteiger partial charge in [-0.25, -0.2) is 0 Å². The maximum Gasteiger partial charge on any atom is 0.248 e. The van der Waals surface area contributed by atoms with E-state index in [1.165, 1.54) is 4.68 Å². The van der Waals surface area contributed by atoms with Crippen LogP contribution in [-0.2, 0) is 0 Å². The van der Waals surface area contributed by atoms with Crippen LogP contribution in [0.4, 0.5) is 17.6 Å². The van der Waals surface area contributed by atoms with Crippen LogP contribution in [0.25, 0.3) is 5.69 Å². The normalized spacial score (nSPS) is 10.4. The molecule has 0 saturated carbocycles. The highest BCUT2D eigenvalue weighted by atomic mass is 16.5. The van der Waals surface area contributed by atoms with E-state index in [9.17, 15) is 0 Å². The number of ether oxygens (including phenoxy) is 3. The van der Waals surface area contributed by atoms with Crippen molar-refractivity contribution in [3.63, 3.8) is 0 Å². The van der Waals surface area contributed by atoms with Crippen LogP contribution in [0.2, 0.25) is 0 Å². The molecule has 9 nitrogen and oxygen atoms in total. The van der Waals surface area contributed by atoms with E-state index in [1.54, 1.807) is 58.0 Å². The molecule has 0 radical (unpaired) electrons. The van der Waals surface area contributed by atoms with Gasteiger partial charge < -0.3 is 25.3 Å². The minimum atomic E-state index is 0.251. The van der Waals surface area contributed by atoms with Gasteiger partial charge in [0.1, 0.15) is 0 Å². The lowest BCUT2D eigenvalue weighted by Gasteiger charge is -2.14. The summed E-state index contributed by atoms with van der Waals surface area (Å²) >= 11 is 0. The van der Waals surface area contributed by atoms with Crippen molar-refractivity contribution in [2.75, 3.05) is 32.4 Å². The monoisotopic (exact) mass is 342 g/mol. The Hall–Kier alpha value is -3.49. The van der Waals surface area contributed by atoms with Crippen molar-refractivity contribution < 1.29 is 14.2 Å². The number of nitrogens with one attached hydrogen (secondary N) is 1. The first kappa shape index (κ1) is 16.4. The molecule has 1 aromatic carbocycles. The van der Waals surface area contributed by atoms with E-state index in [2.05, 4.69) is 20.4 Å². The van der Waals surface area contributed by atoms with Gasteiger partial charge in [0.15, 0.2) is 11.5 Å². The van der Waals surface area contributed by atoms with Gasteiger partial charge in [-0.05, 0) is 12.1 Å². The smallest absolute Gasteiger partial charge is 0.248 e. The van der Waals surface area contributed by atoms with E-state index >= 15 is 0 Å². The second-order valence-electron chi connectivity index (χ2n) is 4.95. The van der Waals surface area contributed by atoms with Gasteiger partial charge in [0, 0.05) is 30.2 Å². The van der Waals surface area contributed by atoms with E-state index in [0.29, 0.717) is 28.9 Å². The lowest BCUT2D eigenvalue weighted by atomic mass is 10.2. The zero-order chi connectivity index (χ0) is 17.8. The summed E-state index contributed by atoms with van der Waals surface area (Å²) < 4.78 is 17.5. The fourth-order valence-electron chi connectivity index (χ4n) is 2.33. The number of methoxy groups -OCH3 is 3. The Balaban J connectivity index is 1.93.